The molecule has 5 aliphatic heterocycles. The number of hydrogen-bond acceptors (Lipinski definition) is 40. The van der Waals surface area contributed by atoms with Gasteiger partial charge in [0.25, 0.3) is 0 Å². The van der Waals surface area contributed by atoms with Crippen LogP contribution in [0.25, 0.3) is 11.2 Å². The first-order valence-corrected chi connectivity index (χ1v) is 44.5. The molecule has 19 N–H and O–H groups in total. The molecule has 0 aromatic carbocycles. The molecule has 5 fully saturated rings. The maximum Gasteiger partial charge on any atom is 0.472 e. The van der Waals surface area contributed by atoms with Crippen LogP contribution in [-0.4, -0.2) is 392 Å². The molecule has 126 heavy (non-hydrogen) atoms. The number of ketones is 4. The number of likely N-dealkylation sites (tertiary alicyclic amines) is 1. The molecule has 0 bridgehead atoms. The van der Waals surface area contributed by atoms with Gasteiger partial charge in [-0.25, -0.2) is 19.5 Å². The van der Waals surface area contributed by atoms with Crippen LogP contribution in [0, 0.1) is 0 Å². The van der Waals surface area contributed by atoms with Gasteiger partial charge in [0.15, 0.2) is 30.3 Å². The van der Waals surface area contributed by atoms with Gasteiger partial charge in [0.2, 0.25) is 41.4 Å². The van der Waals surface area contributed by atoms with Crippen molar-refractivity contribution in [1.82, 2.24) is 56.3 Å². The largest absolute Gasteiger partial charge is 0.472 e. The molecule has 23 atom stereocenters. The number of nitrogens with zero attached hydrogens (tertiary/aromatic N) is 5. The number of nitrogens with two attached hydrogens (primary N) is 1. The first-order chi connectivity index (χ1) is 59.8. The van der Waals surface area contributed by atoms with Gasteiger partial charge in [0.1, 0.15) is 132 Å². The third kappa shape index (κ3) is 33.9. The Morgan fingerprint density at radius 3 is 1.43 bits per heavy atom. The van der Waals surface area contributed by atoms with E-state index < -0.39 is 262 Å². The zero-order valence-electron chi connectivity index (χ0n) is 70.5. The van der Waals surface area contributed by atoms with E-state index in [0.29, 0.717) is 0 Å². The summed E-state index contributed by atoms with van der Waals surface area (Å²) in [5.74, 6) is -6.04. The Morgan fingerprint density at radius 1 is 0.532 bits per heavy atom. The third-order valence-electron chi connectivity index (χ3n) is 20.8. The van der Waals surface area contributed by atoms with E-state index in [1.54, 1.807) is 0 Å². The number of amides is 7. The summed E-state index contributed by atoms with van der Waals surface area (Å²) in [5, 5.41) is 107. The molecule has 0 aliphatic carbocycles. The van der Waals surface area contributed by atoms with E-state index in [2.05, 4.69) is 46.9 Å². The van der Waals surface area contributed by atoms with E-state index in [-0.39, 0.29) is 171 Å². The normalized spacial score (nSPS) is 28.2. The van der Waals surface area contributed by atoms with Crippen LogP contribution in [0.15, 0.2) is 12.7 Å². The number of aliphatic hydroxyl groups is 9. The first-order valence-electron chi connectivity index (χ1n) is 41.0. The summed E-state index contributed by atoms with van der Waals surface area (Å²) in [7, 11) is -7.91. The lowest BCUT2D eigenvalue weighted by Crippen LogP contribution is -2.64. The Bertz CT molecular complexity index is 3760. The van der Waals surface area contributed by atoms with Crippen molar-refractivity contribution in [3.63, 3.8) is 0 Å². The number of anilines is 1. The smallest absolute Gasteiger partial charge is 0.394 e. The zero-order chi connectivity index (χ0) is 92.6. The van der Waals surface area contributed by atoms with Crippen molar-refractivity contribution in [2.45, 2.75) is 245 Å². The Labute approximate surface area is 723 Å². The van der Waals surface area contributed by atoms with Crippen LogP contribution in [0.5, 0.6) is 0 Å². The number of aliphatic hydroxyl groups excluding tert-OH is 9. The van der Waals surface area contributed by atoms with Gasteiger partial charge in [-0.15, -0.1) is 0 Å². The monoisotopic (exact) mass is 1850 g/mol. The average molecular weight is 1850 g/mol. The SMILES string of the molecule is CO[C@@H]1C[C@@H](COP(=O)(O)O[C@H]2C[C@H](n3cnc4c(N)ncnc43)O[C@@H]2COP(C)(=O)O)N(C(=O)CCC(=O)NC(COCCC(=O)CCCC(=O)CCO[C@@H]2OC(CO)[C@H](O)[C@H](O)C2NC(C)=O)(COCCC(=O)CCNC(=O)CCO[C@@H]2OC(CO)[C@H](O)[C@H](O)C2NC(C)=O)COCCC(=O)NCCC(=O)CCO[C@@H]2OC(CO)[C@H](O)[C@H](O)C2NC(C)=O)C1. The van der Waals surface area contributed by atoms with Crippen molar-refractivity contribution in [3.8, 4) is 0 Å². The number of phosphoric acid groups is 1. The Hall–Kier alpha value is -7.22. The van der Waals surface area contributed by atoms with E-state index in [1.165, 1.54) is 29.2 Å². The van der Waals surface area contributed by atoms with Gasteiger partial charge in [-0.1, -0.05) is 0 Å². The van der Waals surface area contributed by atoms with Gasteiger partial charge in [-0.05, 0) is 12.8 Å². The van der Waals surface area contributed by atoms with Gasteiger partial charge in [-0.2, -0.15) is 0 Å². The highest BCUT2D eigenvalue weighted by Gasteiger charge is 2.50. The molecule has 5 saturated heterocycles. The quantitative estimate of drug-likeness (QED) is 0.0216. The number of phosphoric ester groups is 1. The molecule has 9 unspecified atom stereocenters. The molecule has 0 spiro atoms. The van der Waals surface area contributed by atoms with Crippen molar-refractivity contribution >= 4 is 96.9 Å². The summed E-state index contributed by atoms with van der Waals surface area (Å²) in [4.78, 5) is 178. The lowest BCUT2D eigenvalue weighted by atomic mass is 9.97. The fraction of sp³-hybridized carbons (Fsp3) is 0.784. The van der Waals surface area contributed by atoms with Crippen LogP contribution in [0.4, 0.5) is 5.82 Å². The highest BCUT2D eigenvalue weighted by molar-refractivity contribution is 7.51. The molecular weight excluding hydrogens is 1730 g/mol. The number of imidazole rings is 1. The molecule has 0 saturated carbocycles. The summed E-state index contributed by atoms with van der Waals surface area (Å²) < 4.78 is 107. The van der Waals surface area contributed by atoms with Crippen molar-refractivity contribution in [3.05, 3.63) is 12.7 Å². The van der Waals surface area contributed by atoms with Crippen LogP contribution >= 0.6 is 15.4 Å². The highest BCUT2D eigenvalue weighted by Crippen LogP contribution is 2.50. The molecule has 52 heteroatoms. The second-order valence-corrected chi connectivity index (χ2v) is 34.1. The van der Waals surface area contributed by atoms with Crippen LogP contribution in [0.1, 0.15) is 123 Å². The van der Waals surface area contributed by atoms with Crippen LogP contribution in [0.2, 0.25) is 0 Å². The highest BCUT2D eigenvalue weighted by atomic mass is 31.2. The molecule has 2 aromatic rings. The Balaban J connectivity index is 1.01. The number of carbonyl (C=O) groups is 11. The summed E-state index contributed by atoms with van der Waals surface area (Å²) in [5.41, 5.74) is 4.62. The number of carbonyl (C=O) groups excluding carboxylic acids is 11. The predicted octanol–water partition coefficient (Wildman–Crippen LogP) is -6.99. The predicted molar refractivity (Wildman–Crippen MR) is 425 cm³/mol. The lowest BCUT2D eigenvalue weighted by molar-refractivity contribution is -0.270. The number of Topliss-reactive ketones (excluding diaryl/α,β-unsaturated/α-hetero) is 4. The molecule has 7 rings (SSSR count). The van der Waals surface area contributed by atoms with Crippen molar-refractivity contribution < 1.29 is 183 Å². The lowest BCUT2D eigenvalue weighted by Gasteiger charge is -2.42. The Kier molecular flexibility index (Phi) is 43.7. The second-order valence-electron chi connectivity index (χ2n) is 30.9. The zero-order valence-corrected chi connectivity index (χ0v) is 72.3. The molecule has 50 nitrogen and oxygen atoms in total. The van der Waals surface area contributed by atoms with Gasteiger partial charge in [-0.3, -0.25) is 70.9 Å². The number of nitrogen functional groups attached to an aromatic ring is 1. The minimum atomic E-state index is -5.13. The fourth-order valence-corrected chi connectivity index (χ4v) is 15.5. The van der Waals surface area contributed by atoms with Gasteiger partial charge < -0.3 is 155 Å². The molecule has 2 aromatic heterocycles. The summed E-state index contributed by atoms with van der Waals surface area (Å²) >= 11 is 0. The summed E-state index contributed by atoms with van der Waals surface area (Å²) in [6, 6.07) is -4.77. The van der Waals surface area contributed by atoms with Gasteiger partial charge in [0, 0.05) is 131 Å². The van der Waals surface area contributed by atoms with E-state index in [0.717, 1.165) is 27.4 Å². The van der Waals surface area contributed by atoms with Crippen LogP contribution in [-0.2, 0) is 128 Å². The number of nitrogens with one attached hydrogen (secondary N) is 6. The van der Waals surface area contributed by atoms with E-state index in [9.17, 15) is 118 Å². The van der Waals surface area contributed by atoms with Crippen molar-refractivity contribution in [2.75, 3.05) is 132 Å². The average Bonchev–Trinajstić information content (AvgIpc) is 1.57. The number of rotatable bonds is 57. The molecule has 5 aliphatic rings. The van der Waals surface area contributed by atoms with E-state index >= 15 is 0 Å². The second kappa shape index (κ2) is 52.0. The van der Waals surface area contributed by atoms with Crippen molar-refractivity contribution in [1.29, 1.82) is 0 Å². The molecule has 7 heterocycles. The number of fused-ring (bicyclic) bond motifs is 1. The fourth-order valence-electron chi connectivity index (χ4n) is 14.1. The minimum absolute atomic E-state index is 0.0437. The van der Waals surface area contributed by atoms with E-state index in [4.69, 9.17) is 71.4 Å². The van der Waals surface area contributed by atoms with E-state index in [1.807, 2.05) is 0 Å². The summed E-state index contributed by atoms with van der Waals surface area (Å²) in [6.45, 7) is -2.99. The minimum Gasteiger partial charge on any atom is -0.394 e. The number of ether oxygens (including phenoxy) is 11. The maximum absolute atomic E-state index is 14.5. The number of aromatic nitrogens is 4. The van der Waals surface area contributed by atoms with Crippen LogP contribution < -0.4 is 37.6 Å². The van der Waals surface area contributed by atoms with Crippen LogP contribution in [0.3, 0.4) is 0 Å². The summed E-state index contributed by atoms with van der Waals surface area (Å²) in [6.07, 6.45) is -22.7. The Morgan fingerprint density at radius 2 is 0.976 bits per heavy atom. The molecular formula is C74H120N12O38P2. The molecule has 0 radical (unpaired) electrons. The van der Waals surface area contributed by atoms with Gasteiger partial charge in [0.05, 0.1) is 117 Å². The van der Waals surface area contributed by atoms with Crippen molar-refractivity contribution in [2.24, 2.45) is 0 Å². The third-order valence-corrected chi connectivity index (χ3v) is 22.4. The first kappa shape index (κ1) is 106. The topological polar surface area (TPSA) is 719 Å². The standard InChI is InChI=1S/C74H120N12O38P2/c1-40(90)81-59-66(104)63(101)50(30-87)121-71(59)115-24-15-45(94)8-6-7-44(93)13-21-112-35-74(36-113-22-14-46(95)11-19-77-55(98)18-26-117-73-61(83-42(3)92)68(106)65(103)52(32-89)123-73,37-114-23-17-54(97)76-20-12-47(96)16-25-116-72-60(82-41(2)91)67(105)64(102)51(31-88)122-72)84-56(99)9-10-57(100)85-29-48(111-4)27-43(85)33-119-126(109,110)124-49-28-58(120-53(49)34-118-125(5,107)108)86-39-80-62-69(75)78-38-79-70(62)86/h38-39,43,48-53,58-61,63-68,71-73,87-89,101-106H,6-37H2,1-5H3,(H,76,97)(H,77,98)(H,81,90)(H,82,91)(H,83,92)(H,84,99)(H,107,108)(H,109,110)(H2,75,78,79)/t43-,48+,49-,50?,51?,52?,53+,58+,59?,60?,61?,63-,64-,65-,66+,67+,68+,71+,72+,73+,74?/m0/s1. The molecule has 7 amide bonds. The van der Waals surface area contributed by atoms with Gasteiger partial charge >= 0.3 is 15.4 Å². The number of hydrogen-bond donors (Lipinski definition) is 18. The maximum atomic E-state index is 14.5. The number of methoxy groups -OCH3 is 1. The molecule has 714 valence electrons.